The summed E-state index contributed by atoms with van der Waals surface area (Å²) in [6.07, 6.45) is 5.97. The van der Waals surface area contributed by atoms with Gasteiger partial charge in [-0.15, -0.1) is 5.10 Å². The molecule has 0 saturated carbocycles. The van der Waals surface area contributed by atoms with Crippen molar-refractivity contribution in [1.29, 1.82) is 0 Å². The molecule has 1 aromatic carbocycles. The highest BCUT2D eigenvalue weighted by atomic mass is 16.6. The minimum absolute atomic E-state index is 0.0422. The van der Waals surface area contributed by atoms with E-state index in [9.17, 15) is 10.1 Å². The monoisotopic (exact) mass is 389 g/mol. The lowest BCUT2D eigenvalue weighted by atomic mass is 10.2. The Morgan fingerprint density at radius 3 is 2.72 bits per heavy atom. The van der Waals surface area contributed by atoms with E-state index in [1.165, 1.54) is 17.1 Å². The predicted octanol–water partition coefficient (Wildman–Crippen LogP) is 2.37. The highest BCUT2D eigenvalue weighted by molar-refractivity contribution is 5.89. The molecule has 0 spiro atoms. The summed E-state index contributed by atoms with van der Waals surface area (Å²) in [5.74, 6) is 0.499. The van der Waals surface area contributed by atoms with Crippen molar-refractivity contribution in [2.24, 2.45) is 0 Å². The summed E-state index contributed by atoms with van der Waals surface area (Å²) >= 11 is 0. The molecule has 0 N–H and O–H groups in total. The van der Waals surface area contributed by atoms with Crippen molar-refractivity contribution in [3.8, 4) is 5.69 Å². The third-order valence-corrected chi connectivity index (χ3v) is 4.65. The number of benzene rings is 1. The Bertz CT molecular complexity index is 1340. The molecule has 11 heteroatoms. The van der Waals surface area contributed by atoms with E-state index >= 15 is 0 Å². The molecular formula is C18H15N9O2. The van der Waals surface area contributed by atoms with Gasteiger partial charge in [0.1, 0.15) is 18.7 Å². The van der Waals surface area contributed by atoms with E-state index in [1.54, 1.807) is 21.7 Å². The molecule has 29 heavy (non-hydrogen) atoms. The molecule has 5 rings (SSSR count). The zero-order valence-corrected chi connectivity index (χ0v) is 15.3. The highest BCUT2D eigenvalue weighted by Crippen LogP contribution is 2.22. The number of hydrogen-bond acceptors (Lipinski definition) is 7. The summed E-state index contributed by atoms with van der Waals surface area (Å²) in [5, 5.41) is 24.6. The van der Waals surface area contributed by atoms with Crippen molar-refractivity contribution >= 4 is 22.4 Å². The zero-order chi connectivity index (χ0) is 20.0. The maximum Gasteiger partial charge on any atom is 0.306 e. The second kappa shape index (κ2) is 6.48. The highest BCUT2D eigenvalue weighted by Gasteiger charge is 2.18. The molecule has 0 aliphatic heterocycles. The van der Waals surface area contributed by atoms with Gasteiger partial charge in [-0.3, -0.25) is 14.8 Å². The zero-order valence-electron chi connectivity index (χ0n) is 15.3. The fraction of sp³-hybridized carbons (Fsp3) is 0.167. The van der Waals surface area contributed by atoms with E-state index in [-0.39, 0.29) is 11.6 Å². The smallest absolute Gasteiger partial charge is 0.265 e. The van der Waals surface area contributed by atoms with Gasteiger partial charge >= 0.3 is 5.69 Å². The van der Waals surface area contributed by atoms with Crippen molar-refractivity contribution in [2.45, 2.75) is 19.4 Å². The van der Waals surface area contributed by atoms with Crippen LogP contribution in [-0.4, -0.2) is 44.1 Å². The molecule has 0 saturated heterocycles. The van der Waals surface area contributed by atoms with Crippen molar-refractivity contribution in [3.05, 3.63) is 71.2 Å². The van der Waals surface area contributed by atoms with Gasteiger partial charge in [-0.25, -0.2) is 19.2 Å². The van der Waals surface area contributed by atoms with E-state index in [0.717, 1.165) is 11.1 Å². The lowest BCUT2D eigenvalue weighted by molar-refractivity contribution is -0.385. The summed E-state index contributed by atoms with van der Waals surface area (Å²) in [6, 6.07) is 9.74. The molecule has 4 aromatic heterocycles. The molecule has 5 aromatic rings. The van der Waals surface area contributed by atoms with E-state index in [1.807, 2.05) is 37.3 Å². The summed E-state index contributed by atoms with van der Waals surface area (Å²) in [5.41, 5.74) is 2.22. The lowest BCUT2D eigenvalue weighted by Gasteiger charge is -2.06. The molecule has 11 nitrogen and oxygen atoms in total. The molecule has 0 radical (unpaired) electrons. The number of hydrogen-bond donors (Lipinski definition) is 0. The number of para-hydroxylation sites is 1. The minimum atomic E-state index is -0.468. The molecule has 1 atom stereocenters. The first-order valence-corrected chi connectivity index (χ1v) is 8.91. The fourth-order valence-electron chi connectivity index (χ4n) is 3.21. The molecule has 0 fully saturated rings. The Morgan fingerprint density at radius 2 is 1.97 bits per heavy atom. The molecule has 144 valence electrons. The first kappa shape index (κ1) is 17.0. The van der Waals surface area contributed by atoms with E-state index < -0.39 is 4.92 Å². The van der Waals surface area contributed by atoms with E-state index in [2.05, 4.69) is 25.3 Å². The maximum atomic E-state index is 10.8. The van der Waals surface area contributed by atoms with Gasteiger partial charge in [0.05, 0.1) is 28.7 Å². The fourth-order valence-corrected chi connectivity index (χ4v) is 3.21. The molecule has 0 bridgehead atoms. The maximum absolute atomic E-state index is 10.8. The predicted molar refractivity (Wildman–Crippen MR) is 103 cm³/mol. The Balaban J connectivity index is 1.50. The summed E-state index contributed by atoms with van der Waals surface area (Å²) in [4.78, 5) is 19.5. The van der Waals surface area contributed by atoms with Gasteiger partial charge in [0.2, 0.25) is 0 Å². The Kier molecular flexibility index (Phi) is 3.79. The molecule has 0 aliphatic carbocycles. The molecule has 0 aliphatic rings. The second-order valence-corrected chi connectivity index (χ2v) is 6.69. The number of nitrogens with zero attached hydrogens (tertiary/aromatic N) is 9. The van der Waals surface area contributed by atoms with Crippen LogP contribution in [0, 0.1) is 10.1 Å². The lowest BCUT2D eigenvalue weighted by Crippen LogP contribution is -2.08. The third kappa shape index (κ3) is 2.88. The Hall–Kier alpha value is -4.15. The third-order valence-electron chi connectivity index (χ3n) is 4.65. The summed E-state index contributed by atoms with van der Waals surface area (Å²) in [6.45, 7) is 2.37. The molecular weight excluding hydrogens is 374 g/mol. The van der Waals surface area contributed by atoms with Crippen molar-refractivity contribution in [3.63, 3.8) is 0 Å². The van der Waals surface area contributed by atoms with Gasteiger partial charge in [-0.1, -0.05) is 25.1 Å². The van der Waals surface area contributed by atoms with Crippen molar-refractivity contribution in [2.75, 3.05) is 0 Å². The second-order valence-electron chi connectivity index (χ2n) is 6.69. The average Bonchev–Trinajstić information content (AvgIpc) is 3.45. The number of aromatic nitrogens is 8. The molecule has 4 heterocycles. The van der Waals surface area contributed by atoms with Gasteiger partial charge < -0.3 is 0 Å². The van der Waals surface area contributed by atoms with Crippen LogP contribution in [0.15, 0.2) is 55.2 Å². The van der Waals surface area contributed by atoms with Gasteiger partial charge in [0, 0.05) is 5.92 Å². The van der Waals surface area contributed by atoms with Crippen LogP contribution in [0.3, 0.4) is 0 Å². The summed E-state index contributed by atoms with van der Waals surface area (Å²) in [7, 11) is 0. The quantitative estimate of drug-likeness (QED) is 0.334. The first-order valence-electron chi connectivity index (χ1n) is 8.91. The number of nitro groups is 1. The van der Waals surface area contributed by atoms with Crippen molar-refractivity contribution in [1.82, 2.24) is 39.1 Å². The van der Waals surface area contributed by atoms with Crippen molar-refractivity contribution < 1.29 is 4.92 Å². The Morgan fingerprint density at radius 1 is 1.14 bits per heavy atom. The van der Waals surface area contributed by atoms with Gasteiger partial charge in [0.25, 0.3) is 0 Å². The van der Waals surface area contributed by atoms with Gasteiger partial charge in [-0.2, -0.15) is 10.2 Å². The van der Waals surface area contributed by atoms with Crippen LogP contribution in [-0.2, 0) is 6.54 Å². The largest absolute Gasteiger partial charge is 0.306 e. The van der Waals surface area contributed by atoms with Gasteiger partial charge in [-0.05, 0) is 12.1 Å². The average molecular weight is 389 g/mol. The van der Waals surface area contributed by atoms with Crippen LogP contribution in [0.1, 0.15) is 18.7 Å². The number of fused-ring (bicyclic) bond motifs is 3. The van der Waals surface area contributed by atoms with Crippen LogP contribution in [0.5, 0.6) is 0 Å². The van der Waals surface area contributed by atoms with E-state index in [4.69, 9.17) is 0 Å². The van der Waals surface area contributed by atoms with E-state index in [0.29, 0.717) is 23.7 Å². The molecule has 1 unspecified atom stereocenters. The van der Waals surface area contributed by atoms with Crippen LogP contribution >= 0.6 is 0 Å². The normalized spacial score (nSPS) is 12.6. The number of rotatable bonds is 5. The molecule has 0 amide bonds. The SMILES string of the molecule is CC(Cn1cc([N+](=O)[O-])cn1)c1nc2c3cnn(-c4ccccc4)c3ncn2n1. The standard InChI is InChI=1S/C18H15N9O2/c1-12(9-24-10-14(7-20-24)27(28)29)16-22-18-15-8-21-26(13-5-3-2-4-6-13)17(15)19-11-25(18)23-16/h2-8,10-12H,9H2,1H3. The van der Waals surface area contributed by atoms with Gasteiger partial charge in [0.15, 0.2) is 17.1 Å². The first-order chi connectivity index (χ1) is 14.1. The van der Waals surface area contributed by atoms with Crippen LogP contribution in [0.2, 0.25) is 0 Å². The van der Waals surface area contributed by atoms with Crippen LogP contribution in [0.25, 0.3) is 22.4 Å². The summed E-state index contributed by atoms with van der Waals surface area (Å²) < 4.78 is 4.91. The topological polar surface area (TPSA) is 122 Å². The minimum Gasteiger partial charge on any atom is -0.265 e. The van der Waals surface area contributed by atoms with Crippen LogP contribution in [0.4, 0.5) is 5.69 Å². The van der Waals surface area contributed by atoms with Crippen LogP contribution < -0.4 is 0 Å². The Labute approximate surface area is 163 Å².